The Bertz CT molecular complexity index is 6570. The Kier molecular flexibility index (Phi) is 30.7. The minimum Gasteiger partial charge on any atom is -0.512 e. The number of hydrogen-bond donors (Lipinski definition) is 3. The van der Waals surface area contributed by atoms with Gasteiger partial charge in [0.05, 0.1) is 33.8 Å². The van der Waals surface area contributed by atoms with E-state index < -0.39 is 0 Å². The normalized spacial score (nSPS) is 13.0. The molecule has 3 N–H and O–H groups in total. The van der Waals surface area contributed by atoms with Crippen molar-refractivity contribution in [2.24, 2.45) is 0 Å². The molecule has 0 fully saturated rings. The molecular formula is C114H108Ir3N3O6-3. The Morgan fingerprint density at radius 3 is 0.976 bits per heavy atom. The third-order valence-electron chi connectivity index (χ3n) is 23.6. The molecule has 18 rings (SSSR count). The number of carbonyl (C=O) groups excluding carboxylic acids is 3. The Morgan fingerprint density at radius 2 is 0.651 bits per heavy atom. The van der Waals surface area contributed by atoms with Crippen LogP contribution in [0.5, 0.6) is 0 Å². The second kappa shape index (κ2) is 40.0. The van der Waals surface area contributed by atoms with Gasteiger partial charge in [0.15, 0.2) is 17.3 Å². The SMILES string of the molecule is CC(=O)C=C(C)O.CC(=O)C=C(C)O.CC(=O)C=C(C)O.Cc1[c-]c(-c2cc(-c3cccc(C)c3)c3cc4c(cc3n2)C(C)(C)c2ccccc2-4)c(C)cc1.Cc1cccc(-c2cc(-c3[c-]cc(C)cc3C)nc3cc4c(cc23)-c2ccccc2C4(C)C)c1.Cc1cccc(-c2cc(-c3[c-]ccc(C)c3C)nc3cc4c(cc23)-c2ccccc2C4(C)C)c1.[Ir].[Ir].[Ir]. The van der Waals surface area contributed by atoms with Crippen molar-refractivity contribution in [3.05, 3.63) is 374 Å². The molecule has 12 heteroatoms. The van der Waals surface area contributed by atoms with Gasteiger partial charge in [-0.2, -0.15) is 0 Å². The molecule has 9 nitrogen and oxygen atoms in total. The number of nitrogens with zero attached hydrogens (tertiary/aromatic N) is 3. The van der Waals surface area contributed by atoms with Gasteiger partial charge >= 0.3 is 0 Å². The minimum absolute atomic E-state index is 0. The fraction of sp³-hybridized carbons (Fsp3) is 0.211. The predicted octanol–water partition coefficient (Wildman–Crippen LogP) is 28.9. The van der Waals surface area contributed by atoms with E-state index in [0.717, 1.165) is 55.9 Å². The van der Waals surface area contributed by atoms with Crippen molar-refractivity contribution < 1.29 is 90.0 Å². The van der Waals surface area contributed by atoms with E-state index in [1.54, 1.807) is 0 Å². The fourth-order valence-electron chi connectivity index (χ4n) is 17.6. The van der Waals surface area contributed by atoms with Gasteiger partial charge in [-0.25, -0.2) is 0 Å². The maximum absolute atomic E-state index is 10.0. The van der Waals surface area contributed by atoms with Crippen LogP contribution in [0.15, 0.2) is 272 Å². The summed E-state index contributed by atoms with van der Waals surface area (Å²) >= 11 is 0. The third-order valence-corrected chi connectivity index (χ3v) is 23.6. The zero-order valence-electron chi connectivity index (χ0n) is 75.7. The first-order valence-corrected chi connectivity index (χ1v) is 42.0. The molecule has 0 saturated heterocycles. The third kappa shape index (κ3) is 20.7. The summed E-state index contributed by atoms with van der Waals surface area (Å²) in [6, 6.07) is 96.9. The molecule has 12 aromatic carbocycles. The second-order valence-corrected chi connectivity index (χ2v) is 34.8. The summed E-state index contributed by atoms with van der Waals surface area (Å²) < 4.78 is 0. The van der Waals surface area contributed by atoms with Crippen LogP contribution in [0.4, 0.5) is 0 Å². The molecule has 0 spiro atoms. The van der Waals surface area contributed by atoms with Crippen molar-refractivity contribution >= 4 is 50.1 Å². The zero-order chi connectivity index (χ0) is 88.4. The van der Waals surface area contributed by atoms with Gasteiger partial charge in [-0.3, -0.25) is 29.3 Å². The van der Waals surface area contributed by atoms with E-state index in [9.17, 15) is 14.4 Å². The number of aliphatic hydroxyl groups excluding tert-OH is 3. The van der Waals surface area contributed by atoms with Crippen LogP contribution in [-0.4, -0.2) is 47.6 Å². The van der Waals surface area contributed by atoms with E-state index in [2.05, 4.69) is 353 Å². The number of benzene rings is 12. The van der Waals surface area contributed by atoms with E-state index >= 15 is 0 Å². The summed E-state index contributed by atoms with van der Waals surface area (Å²) in [5, 5.41) is 28.7. The number of aliphatic hydroxyl groups is 3. The molecule has 3 aromatic heterocycles. The van der Waals surface area contributed by atoms with Crippen LogP contribution in [0, 0.1) is 80.5 Å². The van der Waals surface area contributed by atoms with Crippen molar-refractivity contribution in [1.29, 1.82) is 0 Å². The van der Waals surface area contributed by atoms with E-state index in [1.165, 1.54) is 221 Å². The van der Waals surface area contributed by atoms with Crippen LogP contribution in [0.25, 0.3) is 133 Å². The van der Waals surface area contributed by atoms with Gasteiger partial charge in [0.1, 0.15) is 0 Å². The molecule has 3 aliphatic rings. The molecule has 0 bridgehead atoms. The molecule has 0 amide bonds. The number of hydrogen-bond acceptors (Lipinski definition) is 9. The van der Waals surface area contributed by atoms with Gasteiger partial charge in [-0.15, -0.1) is 105 Å². The summed E-state index contributed by atoms with van der Waals surface area (Å²) in [4.78, 5) is 45.7. The molecule has 645 valence electrons. The average molecular weight is 2190 g/mol. The Morgan fingerprint density at radius 1 is 0.310 bits per heavy atom. The molecule has 3 aliphatic carbocycles. The second-order valence-electron chi connectivity index (χ2n) is 34.8. The number of fused-ring (bicyclic) bond motifs is 12. The van der Waals surface area contributed by atoms with Crippen molar-refractivity contribution in [2.75, 3.05) is 0 Å². The molecule has 0 aliphatic heterocycles. The number of aryl methyl sites for hydroxylation is 8. The van der Waals surface area contributed by atoms with Gasteiger partial charge in [0.2, 0.25) is 0 Å². The number of aromatic nitrogens is 3. The molecule has 0 unspecified atom stereocenters. The van der Waals surface area contributed by atoms with Crippen molar-refractivity contribution in [2.45, 2.75) is 162 Å². The van der Waals surface area contributed by atoms with Crippen molar-refractivity contribution in [3.8, 4) is 101 Å². The summed E-state index contributed by atoms with van der Waals surface area (Å²) in [5.41, 5.74) is 43.8. The van der Waals surface area contributed by atoms with E-state index in [0.29, 0.717) is 0 Å². The molecule has 3 heterocycles. The Balaban J connectivity index is 0.000000175. The zero-order valence-corrected chi connectivity index (χ0v) is 82.8. The molecule has 126 heavy (non-hydrogen) atoms. The van der Waals surface area contributed by atoms with Gasteiger partial charge < -0.3 is 15.3 Å². The maximum Gasteiger partial charge on any atom is 0.155 e. The minimum atomic E-state index is -0.125. The van der Waals surface area contributed by atoms with Crippen molar-refractivity contribution in [3.63, 3.8) is 0 Å². The smallest absolute Gasteiger partial charge is 0.155 e. The molecule has 0 atom stereocenters. The average Bonchev–Trinajstić information content (AvgIpc) is 1.56. The van der Waals surface area contributed by atoms with Gasteiger partial charge in [-0.1, -0.05) is 264 Å². The summed E-state index contributed by atoms with van der Waals surface area (Å²) in [5.74, 6) is -0.187. The summed E-state index contributed by atoms with van der Waals surface area (Å²) in [6.07, 6.45) is 3.50. The number of carbonyl (C=O) groups is 3. The number of pyridine rings is 3. The van der Waals surface area contributed by atoms with E-state index in [1.807, 2.05) is 6.07 Å². The van der Waals surface area contributed by atoms with Crippen LogP contribution >= 0.6 is 0 Å². The first kappa shape index (κ1) is 96.7. The number of allylic oxidation sites excluding steroid dienone is 6. The first-order chi connectivity index (χ1) is 58.4. The van der Waals surface area contributed by atoms with Crippen LogP contribution in [0.3, 0.4) is 0 Å². The summed E-state index contributed by atoms with van der Waals surface area (Å²) in [6.45, 7) is 41.8. The van der Waals surface area contributed by atoms with Crippen LogP contribution in [-0.2, 0) is 90.9 Å². The summed E-state index contributed by atoms with van der Waals surface area (Å²) in [7, 11) is 0. The Labute approximate surface area is 784 Å². The quantitative estimate of drug-likeness (QED) is 0.0729. The standard InChI is InChI=1S/3C33H28N.3C5H8O2.3Ir/c1-20-10-8-12-23(16-20)26-18-31(24-14-9-11-21(2)22(24)3)34-32-19-30-27(17-28(26)32)25-13-6-7-15-29(25)33(30,4)5;1-20-9-8-10-23(16-20)26-18-31(24-14-13-21(2)15-22(24)3)34-32-19-30-27(17-28(26)32)25-11-6-7-12-29(25)33(30,4)5;1-20-9-8-10-23(15-20)26-18-31(25-16-21(2)13-14-22(25)3)34-32-19-30-27(17-28(26)32)24-11-6-7-12-29(24)33(30,4)5;3*1-4(6)3-5(2)7;;;/h2*6-13,15-19H,1-5H3;6-15,17-19H,1-5H3;3*3,6H,1-2H3;;;/q3*-1;;;;;;. The van der Waals surface area contributed by atoms with Crippen LogP contribution < -0.4 is 0 Å². The van der Waals surface area contributed by atoms with E-state index in [-0.39, 0.29) is 111 Å². The molecule has 0 saturated carbocycles. The van der Waals surface area contributed by atoms with E-state index in [4.69, 9.17) is 30.3 Å². The van der Waals surface area contributed by atoms with Gasteiger partial charge in [0, 0.05) is 111 Å². The predicted molar refractivity (Wildman–Crippen MR) is 511 cm³/mol. The molecular weight excluding hydrogens is 2080 g/mol. The van der Waals surface area contributed by atoms with Gasteiger partial charge in [-0.05, 0) is 216 Å². The van der Waals surface area contributed by atoms with Crippen LogP contribution in [0.1, 0.15) is 167 Å². The van der Waals surface area contributed by atoms with Gasteiger partial charge in [0.25, 0.3) is 0 Å². The van der Waals surface area contributed by atoms with Crippen LogP contribution in [0.2, 0.25) is 0 Å². The monoisotopic (exact) mass is 2190 g/mol. The van der Waals surface area contributed by atoms with Crippen molar-refractivity contribution in [1.82, 2.24) is 15.0 Å². The fourth-order valence-corrected chi connectivity index (χ4v) is 17.6. The number of rotatable bonds is 9. The Hall–Kier alpha value is -11.6. The maximum atomic E-state index is 10.0. The first-order valence-electron chi connectivity index (χ1n) is 42.0. The largest absolute Gasteiger partial charge is 0.512 e. The molecule has 3 radical (unpaired) electrons. The topological polar surface area (TPSA) is 151 Å². The molecule has 15 aromatic rings. The number of ketones is 3.